The second kappa shape index (κ2) is 10.3. The fourth-order valence-corrected chi connectivity index (χ4v) is 4.37. The van der Waals surface area contributed by atoms with Crippen LogP contribution < -0.4 is 10.6 Å². The van der Waals surface area contributed by atoms with Crippen molar-refractivity contribution in [2.24, 2.45) is 0 Å². The molecule has 0 radical (unpaired) electrons. The molecule has 2 heterocycles. The lowest BCUT2D eigenvalue weighted by Crippen LogP contribution is -2.25. The number of fused-ring (bicyclic) bond motifs is 1. The van der Waals surface area contributed by atoms with Crippen molar-refractivity contribution in [3.05, 3.63) is 98.3 Å². The molecule has 2 aromatic carbocycles. The molecule has 2 aromatic heterocycles. The van der Waals surface area contributed by atoms with Gasteiger partial charge in [-0.05, 0) is 51.8 Å². The smallest absolute Gasteiger partial charge is 0.258 e. The Balaban J connectivity index is 1.59. The molecule has 4 rings (SSSR count). The summed E-state index contributed by atoms with van der Waals surface area (Å²) in [5, 5.41) is 6.95. The third kappa shape index (κ3) is 5.33. The first-order valence-corrected chi connectivity index (χ1v) is 11.5. The Morgan fingerprint density at radius 1 is 0.939 bits per heavy atom. The van der Waals surface area contributed by atoms with Gasteiger partial charge in [0, 0.05) is 22.3 Å². The summed E-state index contributed by atoms with van der Waals surface area (Å²) in [6.07, 6.45) is 3.42. The molecular weight excluding hydrogens is 527 g/mol. The lowest BCUT2D eigenvalue weighted by Gasteiger charge is -2.13. The number of nitrogens with one attached hydrogen (secondary N) is 2. The molecule has 9 heteroatoms. The summed E-state index contributed by atoms with van der Waals surface area (Å²) in [6, 6.07) is 15.8. The van der Waals surface area contributed by atoms with E-state index in [2.05, 4.69) is 36.5 Å². The summed E-state index contributed by atoms with van der Waals surface area (Å²) in [7, 11) is 0. The molecule has 0 atom stereocenters. The molecule has 33 heavy (non-hydrogen) atoms. The number of amides is 2. The summed E-state index contributed by atoms with van der Waals surface area (Å²) in [5.41, 5.74) is 2.74. The van der Waals surface area contributed by atoms with Crippen molar-refractivity contribution in [3.63, 3.8) is 0 Å². The molecule has 0 bridgehead atoms. The Bertz CT molecular complexity index is 1330. The van der Waals surface area contributed by atoms with Crippen molar-refractivity contribution in [2.45, 2.75) is 13.0 Å². The minimum atomic E-state index is -0.447. The van der Waals surface area contributed by atoms with Gasteiger partial charge in [0.2, 0.25) is 5.91 Å². The first-order chi connectivity index (χ1) is 15.9. The highest BCUT2D eigenvalue weighted by Crippen LogP contribution is 2.31. The van der Waals surface area contributed by atoms with Gasteiger partial charge in [0.25, 0.3) is 5.91 Å². The standard InChI is InChI=1S/C24H17BrCl2N4O2/c25-17-13-30-23-15(16(17)11-21(32)29-12-14-5-1-2-10-28-14)6-3-9-20(23)31-24(33)22-18(26)7-4-8-19(22)27/h1-10,13H,11-12H2,(H,29,32)(H,31,33). The van der Waals surface area contributed by atoms with E-state index in [9.17, 15) is 9.59 Å². The van der Waals surface area contributed by atoms with Crippen LogP contribution in [0.3, 0.4) is 0 Å². The predicted octanol–water partition coefficient (Wildman–Crippen LogP) is 5.81. The quantitative estimate of drug-likeness (QED) is 0.321. The Labute approximate surface area is 208 Å². The van der Waals surface area contributed by atoms with Crippen LogP contribution in [0, 0.1) is 0 Å². The van der Waals surface area contributed by atoms with Crippen LogP contribution in [0.2, 0.25) is 10.0 Å². The Hall–Kier alpha value is -3.00. The number of anilines is 1. The van der Waals surface area contributed by atoms with Gasteiger partial charge in [0.05, 0.1) is 45.5 Å². The number of pyridine rings is 2. The summed E-state index contributed by atoms with van der Waals surface area (Å²) < 4.78 is 0.695. The number of rotatable bonds is 6. The number of benzene rings is 2. The predicted molar refractivity (Wildman–Crippen MR) is 134 cm³/mol. The van der Waals surface area contributed by atoms with E-state index in [1.807, 2.05) is 24.3 Å². The fraction of sp³-hybridized carbons (Fsp3) is 0.0833. The zero-order valence-corrected chi connectivity index (χ0v) is 20.2. The number of hydrogen-bond acceptors (Lipinski definition) is 4. The molecule has 0 saturated carbocycles. The summed E-state index contributed by atoms with van der Waals surface area (Å²) >= 11 is 15.8. The normalized spacial score (nSPS) is 10.8. The molecule has 0 unspecified atom stereocenters. The molecule has 6 nitrogen and oxygen atoms in total. The van der Waals surface area contributed by atoms with Crippen molar-refractivity contribution in [2.75, 3.05) is 5.32 Å². The van der Waals surface area contributed by atoms with Gasteiger partial charge >= 0.3 is 0 Å². The molecule has 166 valence electrons. The average molecular weight is 544 g/mol. The Kier molecular flexibility index (Phi) is 7.23. The van der Waals surface area contributed by atoms with Crippen molar-refractivity contribution in [1.29, 1.82) is 0 Å². The molecule has 0 aliphatic heterocycles. The highest BCUT2D eigenvalue weighted by atomic mass is 79.9. The topological polar surface area (TPSA) is 84.0 Å². The monoisotopic (exact) mass is 542 g/mol. The maximum absolute atomic E-state index is 12.9. The van der Waals surface area contributed by atoms with E-state index in [1.165, 1.54) is 0 Å². The molecular formula is C24H17BrCl2N4O2. The van der Waals surface area contributed by atoms with Crippen LogP contribution in [0.25, 0.3) is 10.9 Å². The van der Waals surface area contributed by atoms with Crippen molar-refractivity contribution in [1.82, 2.24) is 15.3 Å². The Morgan fingerprint density at radius 2 is 1.70 bits per heavy atom. The van der Waals surface area contributed by atoms with E-state index in [-0.39, 0.29) is 27.9 Å². The minimum absolute atomic E-state index is 0.125. The second-order valence-electron chi connectivity index (χ2n) is 7.11. The van der Waals surface area contributed by atoms with E-state index in [0.717, 1.165) is 16.6 Å². The van der Waals surface area contributed by atoms with Gasteiger partial charge in [-0.15, -0.1) is 0 Å². The van der Waals surface area contributed by atoms with Gasteiger partial charge in [0.15, 0.2) is 0 Å². The number of carbonyl (C=O) groups is 2. The first kappa shape index (κ1) is 23.2. The third-order valence-electron chi connectivity index (χ3n) is 4.92. The maximum Gasteiger partial charge on any atom is 0.258 e. The van der Waals surface area contributed by atoms with Gasteiger partial charge in [-0.1, -0.05) is 47.5 Å². The van der Waals surface area contributed by atoms with Gasteiger partial charge in [-0.3, -0.25) is 19.6 Å². The molecule has 4 aromatic rings. The molecule has 2 N–H and O–H groups in total. The van der Waals surface area contributed by atoms with E-state index >= 15 is 0 Å². The molecule has 0 spiro atoms. The number of aromatic nitrogens is 2. The highest BCUT2D eigenvalue weighted by molar-refractivity contribution is 9.10. The Morgan fingerprint density at radius 3 is 2.42 bits per heavy atom. The van der Waals surface area contributed by atoms with Crippen LogP contribution in [0.5, 0.6) is 0 Å². The minimum Gasteiger partial charge on any atom is -0.350 e. The van der Waals surface area contributed by atoms with Crippen LogP contribution >= 0.6 is 39.1 Å². The lowest BCUT2D eigenvalue weighted by molar-refractivity contribution is -0.120. The fourth-order valence-electron chi connectivity index (χ4n) is 3.35. The number of para-hydroxylation sites is 1. The van der Waals surface area contributed by atoms with Gasteiger partial charge in [0.1, 0.15) is 0 Å². The molecule has 0 aliphatic carbocycles. The SMILES string of the molecule is O=C(Cc1c(Br)cnc2c(NC(=O)c3c(Cl)cccc3Cl)cccc12)NCc1ccccn1. The third-order valence-corrected chi connectivity index (χ3v) is 6.24. The molecule has 2 amide bonds. The number of carbonyl (C=O) groups excluding carboxylic acids is 2. The zero-order chi connectivity index (χ0) is 23.4. The average Bonchev–Trinajstić information content (AvgIpc) is 2.80. The zero-order valence-electron chi connectivity index (χ0n) is 17.1. The van der Waals surface area contributed by atoms with E-state index in [0.29, 0.717) is 22.2 Å². The number of nitrogens with zero attached hydrogens (tertiary/aromatic N) is 2. The highest BCUT2D eigenvalue weighted by Gasteiger charge is 2.18. The van der Waals surface area contributed by atoms with E-state index < -0.39 is 5.91 Å². The van der Waals surface area contributed by atoms with Crippen molar-refractivity contribution < 1.29 is 9.59 Å². The van der Waals surface area contributed by atoms with Gasteiger partial charge < -0.3 is 10.6 Å². The maximum atomic E-state index is 12.9. The second-order valence-corrected chi connectivity index (χ2v) is 8.78. The molecule has 0 fully saturated rings. The summed E-state index contributed by atoms with van der Waals surface area (Å²) in [4.78, 5) is 34.2. The first-order valence-electron chi connectivity index (χ1n) is 9.92. The van der Waals surface area contributed by atoms with Gasteiger partial charge in [-0.2, -0.15) is 0 Å². The van der Waals surface area contributed by atoms with Crippen LogP contribution in [0.1, 0.15) is 21.6 Å². The largest absolute Gasteiger partial charge is 0.350 e. The van der Waals surface area contributed by atoms with E-state index in [1.54, 1.807) is 42.7 Å². The van der Waals surface area contributed by atoms with Crippen LogP contribution in [-0.4, -0.2) is 21.8 Å². The van der Waals surface area contributed by atoms with Crippen LogP contribution in [-0.2, 0) is 17.8 Å². The van der Waals surface area contributed by atoms with Crippen LogP contribution in [0.15, 0.2) is 71.5 Å². The van der Waals surface area contributed by atoms with Crippen molar-refractivity contribution in [3.8, 4) is 0 Å². The van der Waals surface area contributed by atoms with Crippen molar-refractivity contribution >= 4 is 67.5 Å². The summed E-state index contributed by atoms with van der Waals surface area (Å²) in [6.45, 7) is 0.334. The summed E-state index contributed by atoms with van der Waals surface area (Å²) in [5.74, 6) is -0.608. The molecule has 0 aliphatic rings. The van der Waals surface area contributed by atoms with Crippen LogP contribution in [0.4, 0.5) is 5.69 Å². The lowest BCUT2D eigenvalue weighted by atomic mass is 10.0. The van der Waals surface area contributed by atoms with Gasteiger partial charge in [-0.25, -0.2) is 0 Å². The molecule has 0 saturated heterocycles. The number of halogens is 3. The number of hydrogen-bond donors (Lipinski definition) is 2. The van der Waals surface area contributed by atoms with E-state index in [4.69, 9.17) is 23.2 Å².